The van der Waals surface area contributed by atoms with Crippen molar-refractivity contribution in [3.05, 3.63) is 11.1 Å². The van der Waals surface area contributed by atoms with Gasteiger partial charge >= 0.3 is 6.03 Å². The first-order chi connectivity index (χ1) is 8.78. The Bertz CT molecular complexity index is 471. The van der Waals surface area contributed by atoms with Gasteiger partial charge in [0.1, 0.15) is 0 Å². The molecule has 1 aliphatic heterocycles. The molecule has 0 spiro atoms. The summed E-state index contributed by atoms with van der Waals surface area (Å²) in [6, 6.07) is -0.181. The second-order valence-corrected chi connectivity index (χ2v) is 4.73. The fraction of sp³-hybridized carbons (Fsp3) is 0.455. The van der Waals surface area contributed by atoms with Crippen LogP contribution in [0.4, 0.5) is 9.93 Å². The normalized spacial score (nSPS) is 17.9. The number of nitrogens with zero attached hydrogens (tertiary/aromatic N) is 1. The third kappa shape index (κ3) is 3.70. The molecule has 1 aromatic rings. The number of anilines is 1. The van der Waals surface area contributed by atoms with E-state index in [1.165, 1.54) is 11.3 Å². The Morgan fingerprint density at radius 1 is 1.72 bits per heavy atom. The number of hydrogen-bond acceptors (Lipinski definition) is 5. The van der Waals surface area contributed by atoms with Crippen molar-refractivity contribution in [2.24, 2.45) is 5.73 Å². The molecule has 2 rings (SSSR count). The molecule has 1 aromatic heterocycles. The van der Waals surface area contributed by atoms with Gasteiger partial charge in [-0.3, -0.25) is 5.32 Å². The van der Waals surface area contributed by atoms with E-state index >= 15 is 0 Å². The van der Waals surface area contributed by atoms with Crippen molar-refractivity contribution in [2.45, 2.75) is 12.5 Å². The first-order valence-corrected chi connectivity index (χ1v) is 6.39. The summed E-state index contributed by atoms with van der Waals surface area (Å²) in [5.41, 5.74) is 5.27. The lowest BCUT2D eigenvalue weighted by molar-refractivity contribution is 0.189. The molecule has 1 aliphatic rings. The average Bonchev–Trinajstić information content (AvgIpc) is 2.98. The van der Waals surface area contributed by atoms with Gasteiger partial charge in [-0.25, -0.2) is 9.78 Å². The quantitative estimate of drug-likeness (QED) is 0.674. The number of carbonyl (C=O) groups excluding carboxylic acids is 1. The first kappa shape index (κ1) is 12.8. The summed E-state index contributed by atoms with van der Waals surface area (Å²) in [4.78, 5) is 16.5. The number of aromatic nitrogens is 1. The second kappa shape index (κ2) is 6.35. The number of amides is 2. The zero-order chi connectivity index (χ0) is 12.8. The van der Waals surface area contributed by atoms with E-state index in [-0.39, 0.29) is 12.1 Å². The molecule has 0 saturated carbocycles. The molecule has 1 unspecified atom stereocenters. The molecule has 1 atom stereocenters. The number of urea groups is 1. The molecule has 2 heterocycles. The van der Waals surface area contributed by atoms with Crippen LogP contribution >= 0.6 is 11.3 Å². The molecule has 6 nitrogen and oxygen atoms in total. The molecule has 96 valence electrons. The Kier molecular flexibility index (Phi) is 4.52. The van der Waals surface area contributed by atoms with Crippen molar-refractivity contribution in [2.75, 3.05) is 25.1 Å². The van der Waals surface area contributed by atoms with Crippen molar-refractivity contribution in [3.63, 3.8) is 0 Å². The third-order valence-electron chi connectivity index (χ3n) is 2.30. The van der Waals surface area contributed by atoms with Gasteiger partial charge in [0.25, 0.3) is 0 Å². The molecule has 18 heavy (non-hydrogen) atoms. The molecule has 1 saturated heterocycles. The molecular formula is C11H14N4O2S. The highest BCUT2D eigenvalue weighted by Gasteiger charge is 2.18. The van der Waals surface area contributed by atoms with Gasteiger partial charge in [0.15, 0.2) is 5.13 Å². The summed E-state index contributed by atoms with van der Waals surface area (Å²) in [5, 5.41) is 6.00. The van der Waals surface area contributed by atoms with Gasteiger partial charge in [0.2, 0.25) is 0 Å². The van der Waals surface area contributed by atoms with Crippen LogP contribution in [0.1, 0.15) is 11.3 Å². The number of hydrogen-bond donors (Lipinski definition) is 3. The minimum atomic E-state index is -0.266. The third-order valence-corrected chi connectivity index (χ3v) is 3.13. The van der Waals surface area contributed by atoms with Crippen molar-refractivity contribution >= 4 is 22.5 Å². The summed E-state index contributed by atoms with van der Waals surface area (Å²) in [7, 11) is 0. The predicted molar refractivity (Wildman–Crippen MR) is 69.4 cm³/mol. The predicted octanol–water partition coefficient (Wildman–Crippen LogP) is 0.364. The minimum absolute atomic E-state index is 0.0847. The van der Waals surface area contributed by atoms with E-state index in [1.54, 1.807) is 6.20 Å². The molecule has 0 bridgehead atoms. The number of nitrogens with two attached hydrogens (primary N) is 1. The lowest BCUT2D eigenvalue weighted by Crippen LogP contribution is -2.38. The van der Waals surface area contributed by atoms with E-state index in [9.17, 15) is 4.79 Å². The van der Waals surface area contributed by atoms with E-state index in [1.807, 2.05) is 0 Å². The van der Waals surface area contributed by atoms with E-state index in [2.05, 4.69) is 27.5 Å². The Balaban J connectivity index is 1.84. The highest BCUT2D eigenvalue weighted by Crippen LogP contribution is 2.16. The van der Waals surface area contributed by atoms with E-state index < -0.39 is 0 Å². The number of nitrogens with one attached hydrogen (secondary N) is 2. The summed E-state index contributed by atoms with van der Waals surface area (Å²) < 4.78 is 5.17. The van der Waals surface area contributed by atoms with E-state index in [0.29, 0.717) is 24.9 Å². The Hall–Kier alpha value is -1.62. The standard InChI is InChI=1S/C11H14N4O2S/c12-4-1-2-9-6-13-11(18-9)15-10(16)14-8-3-5-17-7-8/h6,8H,3-5,7,12H2,(H2,13,14,15,16). The average molecular weight is 266 g/mol. The van der Waals surface area contributed by atoms with Gasteiger partial charge in [0, 0.05) is 6.61 Å². The molecule has 4 N–H and O–H groups in total. The van der Waals surface area contributed by atoms with Gasteiger partial charge in [-0.2, -0.15) is 0 Å². The number of carbonyl (C=O) groups is 1. The fourth-order valence-electron chi connectivity index (χ4n) is 1.49. The number of rotatable bonds is 2. The van der Waals surface area contributed by atoms with Crippen molar-refractivity contribution in [1.29, 1.82) is 0 Å². The topological polar surface area (TPSA) is 89.3 Å². The van der Waals surface area contributed by atoms with Crippen LogP contribution in [0.15, 0.2) is 6.20 Å². The van der Waals surface area contributed by atoms with Crippen LogP contribution in [-0.2, 0) is 4.74 Å². The van der Waals surface area contributed by atoms with Gasteiger partial charge in [-0.15, -0.1) is 0 Å². The van der Waals surface area contributed by atoms with Gasteiger partial charge < -0.3 is 15.8 Å². The summed E-state index contributed by atoms with van der Waals surface area (Å²) in [6.07, 6.45) is 2.46. The maximum atomic E-state index is 11.6. The molecule has 7 heteroatoms. The Morgan fingerprint density at radius 3 is 3.33 bits per heavy atom. The first-order valence-electron chi connectivity index (χ1n) is 5.58. The smallest absolute Gasteiger partial charge is 0.321 e. The van der Waals surface area contributed by atoms with Crippen LogP contribution in [0, 0.1) is 11.8 Å². The maximum absolute atomic E-state index is 11.6. The number of thiazole rings is 1. The van der Waals surface area contributed by atoms with Crippen molar-refractivity contribution < 1.29 is 9.53 Å². The van der Waals surface area contributed by atoms with Crippen LogP contribution in [0.25, 0.3) is 0 Å². The lowest BCUT2D eigenvalue weighted by Gasteiger charge is -2.09. The van der Waals surface area contributed by atoms with E-state index in [4.69, 9.17) is 10.5 Å². The van der Waals surface area contributed by atoms with Gasteiger partial charge in [0.05, 0.1) is 30.3 Å². The molecule has 0 aromatic carbocycles. The van der Waals surface area contributed by atoms with E-state index in [0.717, 1.165) is 11.3 Å². The molecule has 2 amide bonds. The Morgan fingerprint density at radius 2 is 2.61 bits per heavy atom. The minimum Gasteiger partial charge on any atom is -0.379 e. The molecule has 0 radical (unpaired) electrons. The molecular weight excluding hydrogens is 252 g/mol. The Labute approximate surface area is 109 Å². The molecule has 0 aliphatic carbocycles. The fourth-order valence-corrected chi connectivity index (χ4v) is 2.18. The molecule has 1 fully saturated rings. The van der Waals surface area contributed by atoms with Crippen LogP contribution in [0.2, 0.25) is 0 Å². The SMILES string of the molecule is NCC#Cc1cnc(NC(=O)NC2CCOC2)s1. The van der Waals surface area contributed by atoms with Gasteiger partial charge in [-0.05, 0) is 6.42 Å². The largest absolute Gasteiger partial charge is 0.379 e. The van der Waals surface area contributed by atoms with Crippen LogP contribution in [0.3, 0.4) is 0 Å². The highest BCUT2D eigenvalue weighted by molar-refractivity contribution is 7.16. The summed E-state index contributed by atoms with van der Waals surface area (Å²) in [5.74, 6) is 5.59. The second-order valence-electron chi connectivity index (χ2n) is 3.69. The number of ether oxygens (including phenoxy) is 1. The highest BCUT2D eigenvalue weighted by atomic mass is 32.1. The zero-order valence-corrected chi connectivity index (χ0v) is 10.5. The van der Waals surface area contributed by atoms with Crippen LogP contribution in [-0.4, -0.2) is 36.8 Å². The maximum Gasteiger partial charge on any atom is 0.321 e. The lowest BCUT2D eigenvalue weighted by atomic mass is 10.3. The van der Waals surface area contributed by atoms with Crippen molar-refractivity contribution in [1.82, 2.24) is 10.3 Å². The summed E-state index contributed by atoms with van der Waals surface area (Å²) >= 11 is 1.32. The zero-order valence-electron chi connectivity index (χ0n) is 9.73. The summed E-state index contributed by atoms with van der Waals surface area (Å²) in [6.45, 7) is 1.57. The van der Waals surface area contributed by atoms with Crippen LogP contribution < -0.4 is 16.4 Å². The van der Waals surface area contributed by atoms with Gasteiger partial charge in [-0.1, -0.05) is 23.2 Å². The van der Waals surface area contributed by atoms with Crippen LogP contribution in [0.5, 0.6) is 0 Å². The van der Waals surface area contributed by atoms with Crippen molar-refractivity contribution in [3.8, 4) is 11.8 Å². The monoisotopic (exact) mass is 266 g/mol.